The van der Waals surface area contributed by atoms with Gasteiger partial charge in [-0.2, -0.15) is 0 Å². The first-order valence-corrected chi connectivity index (χ1v) is 13.7. The zero-order valence-corrected chi connectivity index (χ0v) is 22.1. The van der Waals surface area contributed by atoms with Crippen molar-refractivity contribution >= 4 is 31.0 Å². The van der Waals surface area contributed by atoms with Crippen molar-refractivity contribution in [3.8, 4) is 5.75 Å². The fourth-order valence-electron chi connectivity index (χ4n) is 4.15. The van der Waals surface area contributed by atoms with E-state index >= 15 is 0 Å². The summed E-state index contributed by atoms with van der Waals surface area (Å²) < 4.78 is 18.3. The molecule has 1 aliphatic heterocycles. The Kier molecular flexibility index (Phi) is 9.63. The topological polar surface area (TPSA) is 142 Å². The minimum absolute atomic E-state index is 0.0288. The summed E-state index contributed by atoms with van der Waals surface area (Å²) in [5, 5.41) is 5.25. The number of carbonyl (C=O) groups is 4. The standard InChI is InChI=1S/C24H36N3O7P/c1-14(2)9-16(21(28)26-20(10-15(3)4)22(29)25-5)12-35(32,33)13-27-23(30)18-8-7-17(34-6)11-19(18)24(27)31/h7-8,11,14-16,20H,9-10,12-13H2,1-6H3,(H,25,29)(H,26,28)(H,32,33)/t16-,20+/m1/s1. The monoisotopic (exact) mass is 509 g/mol. The maximum absolute atomic E-state index is 13.2. The molecule has 0 spiro atoms. The van der Waals surface area contributed by atoms with Crippen LogP contribution in [0, 0.1) is 17.8 Å². The molecule has 0 saturated carbocycles. The van der Waals surface area contributed by atoms with Crippen LogP contribution in [-0.2, 0) is 14.2 Å². The van der Waals surface area contributed by atoms with E-state index in [1.165, 1.54) is 32.4 Å². The largest absolute Gasteiger partial charge is 0.497 e. The summed E-state index contributed by atoms with van der Waals surface area (Å²) in [5.74, 6) is -2.51. The summed E-state index contributed by atoms with van der Waals surface area (Å²) in [4.78, 5) is 62.4. The van der Waals surface area contributed by atoms with Crippen molar-refractivity contribution in [1.82, 2.24) is 15.5 Å². The van der Waals surface area contributed by atoms with Gasteiger partial charge in [-0.3, -0.25) is 28.6 Å². The zero-order valence-electron chi connectivity index (χ0n) is 21.2. The number of rotatable bonds is 12. The van der Waals surface area contributed by atoms with Crippen molar-refractivity contribution in [2.75, 3.05) is 26.6 Å². The van der Waals surface area contributed by atoms with E-state index < -0.39 is 49.5 Å². The second-order valence-electron chi connectivity index (χ2n) is 9.75. The summed E-state index contributed by atoms with van der Waals surface area (Å²) in [7, 11) is -1.23. The molecule has 1 aromatic carbocycles. The van der Waals surface area contributed by atoms with Crippen molar-refractivity contribution in [2.45, 2.75) is 46.6 Å². The summed E-state index contributed by atoms with van der Waals surface area (Å²) in [6, 6.07) is 3.63. The average molecular weight is 510 g/mol. The number of hydrogen-bond donors (Lipinski definition) is 3. The normalized spacial score (nSPS) is 16.7. The second-order valence-corrected chi connectivity index (χ2v) is 12.1. The number of nitrogens with zero attached hydrogens (tertiary/aromatic N) is 1. The van der Waals surface area contributed by atoms with Gasteiger partial charge in [0, 0.05) is 19.1 Å². The van der Waals surface area contributed by atoms with Gasteiger partial charge >= 0.3 is 0 Å². The quantitative estimate of drug-likeness (QED) is 0.290. The van der Waals surface area contributed by atoms with E-state index in [1.807, 2.05) is 27.7 Å². The number of nitrogens with one attached hydrogen (secondary N) is 2. The predicted molar refractivity (Wildman–Crippen MR) is 131 cm³/mol. The lowest BCUT2D eigenvalue weighted by Crippen LogP contribution is -2.49. The number of hydrogen-bond acceptors (Lipinski definition) is 6. The molecule has 3 N–H and O–H groups in total. The van der Waals surface area contributed by atoms with Gasteiger partial charge in [0.05, 0.1) is 18.2 Å². The highest BCUT2D eigenvalue weighted by molar-refractivity contribution is 7.58. The van der Waals surface area contributed by atoms with Crippen LogP contribution >= 0.6 is 7.37 Å². The molecule has 1 aromatic rings. The van der Waals surface area contributed by atoms with Crippen LogP contribution in [0.3, 0.4) is 0 Å². The minimum atomic E-state index is -4.14. The number of benzene rings is 1. The average Bonchev–Trinajstić information content (AvgIpc) is 3.00. The van der Waals surface area contributed by atoms with Crippen molar-refractivity contribution in [1.29, 1.82) is 0 Å². The van der Waals surface area contributed by atoms with E-state index in [0.29, 0.717) is 18.6 Å². The molecule has 194 valence electrons. The number of amides is 4. The molecule has 2 rings (SSSR count). The Morgan fingerprint density at radius 2 is 1.63 bits per heavy atom. The van der Waals surface area contributed by atoms with Gasteiger partial charge in [-0.15, -0.1) is 0 Å². The molecule has 4 amide bonds. The smallest absolute Gasteiger partial charge is 0.262 e. The maximum atomic E-state index is 13.2. The maximum Gasteiger partial charge on any atom is 0.262 e. The van der Waals surface area contributed by atoms with E-state index in [0.717, 1.165) is 4.90 Å². The number of imide groups is 1. The van der Waals surface area contributed by atoms with Gasteiger partial charge in [0.15, 0.2) is 0 Å². The van der Waals surface area contributed by atoms with Crippen LogP contribution in [0.1, 0.15) is 61.3 Å². The Bertz CT molecular complexity index is 1020. The van der Waals surface area contributed by atoms with E-state index in [1.54, 1.807) is 0 Å². The Morgan fingerprint density at radius 3 is 2.17 bits per heavy atom. The summed E-state index contributed by atoms with van der Waals surface area (Å²) in [6.45, 7) is 7.61. The van der Waals surface area contributed by atoms with Gasteiger partial charge in [-0.25, -0.2) is 0 Å². The van der Waals surface area contributed by atoms with Gasteiger partial charge < -0.3 is 20.3 Å². The predicted octanol–water partition coefficient (Wildman–Crippen LogP) is 2.46. The fraction of sp³-hybridized carbons (Fsp3) is 0.583. The summed E-state index contributed by atoms with van der Waals surface area (Å²) >= 11 is 0. The molecular weight excluding hydrogens is 473 g/mol. The first-order chi connectivity index (χ1) is 16.3. The van der Waals surface area contributed by atoms with Crippen LogP contribution in [-0.4, -0.2) is 66.1 Å². The number of methoxy groups -OCH3 is 1. The van der Waals surface area contributed by atoms with Gasteiger partial charge in [0.2, 0.25) is 19.2 Å². The lowest BCUT2D eigenvalue weighted by atomic mass is 9.96. The third-order valence-corrected chi connectivity index (χ3v) is 7.50. The third-order valence-electron chi connectivity index (χ3n) is 5.76. The van der Waals surface area contributed by atoms with Crippen LogP contribution in [0.5, 0.6) is 5.75 Å². The number of ether oxygens (including phenoxy) is 1. The molecule has 0 aliphatic carbocycles. The molecule has 3 atom stereocenters. The Morgan fingerprint density at radius 1 is 1.03 bits per heavy atom. The molecule has 0 saturated heterocycles. The lowest BCUT2D eigenvalue weighted by molar-refractivity contribution is -0.131. The molecule has 1 heterocycles. The number of fused-ring (bicyclic) bond motifs is 1. The molecule has 0 aromatic heterocycles. The van der Waals surface area contributed by atoms with Gasteiger partial charge in [-0.05, 0) is 42.9 Å². The third kappa shape index (κ3) is 7.39. The van der Waals surface area contributed by atoms with Gasteiger partial charge in [-0.1, -0.05) is 27.7 Å². The molecule has 10 nitrogen and oxygen atoms in total. The van der Waals surface area contributed by atoms with Crippen molar-refractivity contribution in [2.24, 2.45) is 17.8 Å². The fourth-order valence-corrected chi connectivity index (χ4v) is 5.97. The highest BCUT2D eigenvalue weighted by Gasteiger charge is 2.41. The molecular formula is C24H36N3O7P. The number of likely N-dealkylation sites (N-methyl/N-ethyl adjacent to an activating group) is 1. The van der Waals surface area contributed by atoms with Gasteiger partial charge in [0.25, 0.3) is 11.8 Å². The second kappa shape index (κ2) is 11.8. The first-order valence-electron chi connectivity index (χ1n) is 11.7. The molecule has 0 fully saturated rings. The van der Waals surface area contributed by atoms with Crippen LogP contribution in [0.2, 0.25) is 0 Å². The van der Waals surface area contributed by atoms with E-state index in [2.05, 4.69) is 10.6 Å². The van der Waals surface area contributed by atoms with E-state index in [9.17, 15) is 28.6 Å². The Balaban J connectivity index is 2.20. The van der Waals surface area contributed by atoms with Crippen LogP contribution in [0.25, 0.3) is 0 Å². The van der Waals surface area contributed by atoms with E-state index in [4.69, 9.17) is 4.74 Å². The Hall–Kier alpha value is -2.71. The van der Waals surface area contributed by atoms with Crippen molar-refractivity contribution in [3.63, 3.8) is 0 Å². The number of carbonyl (C=O) groups excluding carboxylic acids is 4. The minimum Gasteiger partial charge on any atom is -0.497 e. The SMILES string of the molecule is CNC(=O)[C@H](CC(C)C)NC(=O)[C@H](CC(C)C)CP(=O)(O)CN1C(=O)c2ccc(OC)cc2C1=O. The lowest BCUT2D eigenvalue weighted by Gasteiger charge is -2.26. The summed E-state index contributed by atoms with van der Waals surface area (Å²) in [5.41, 5.74) is 0.238. The Labute approximate surface area is 206 Å². The van der Waals surface area contributed by atoms with Crippen molar-refractivity contribution in [3.05, 3.63) is 29.3 Å². The summed E-state index contributed by atoms with van der Waals surface area (Å²) in [6.07, 6.45) is -0.406. The molecule has 11 heteroatoms. The van der Waals surface area contributed by atoms with Crippen LogP contribution in [0.4, 0.5) is 0 Å². The zero-order chi connectivity index (χ0) is 26.5. The van der Waals surface area contributed by atoms with E-state index in [-0.39, 0.29) is 28.9 Å². The van der Waals surface area contributed by atoms with Crippen LogP contribution < -0.4 is 15.4 Å². The highest BCUT2D eigenvalue weighted by atomic mass is 31.2. The first kappa shape index (κ1) is 28.5. The van der Waals surface area contributed by atoms with Gasteiger partial charge in [0.1, 0.15) is 18.1 Å². The molecule has 0 bridgehead atoms. The molecule has 0 radical (unpaired) electrons. The van der Waals surface area contributed by atoms with Crippen LogP contribution in [0.15, 0.2) is 18.2 Å². The molecule has 1 unspecified atom stereocenters. The molecule has 1 aliphatic rings. The molecule has 35 heavy (non-hydrogen) atoms. The highest BCUT2D eigenvalue weighted by Crippen LogP contribution is 2.46. The van der Waals surface area contributed by atoms with Crippen molar-refractivity contribution < 1.29 is 33.4 Å².